The second-order valence-corrected chi connectivity index (χ2v) is 6.11. The van der Waals surface area contributed by atoms with Crippen molar-refractivity contribution in [2.75, 3.05) is 19.8 Å². The zero-order valence-corrected chi connectivity index (χ0v) is 13.7. The van der Waals surface area contributed by atoms with Gasteiger partial charge in [0.1, 0.15) is 5.75 Å². The Bertz CT molecular complexity index is 479. The van der Waals surface area contributed by atoms with Crippen molar-refractivity contribution in [3.63, 3.8) is 0 Å². The van der Waals surface area contributed by atoms with Gasteiger partial charge < -0.3 is 19.5 Å². The monoisotopic (exact) mass is 357 g/mol. The molecule has 1 heterocycles. The fourth-order valence-corrected chi connectivity index (χ4v) is 2.50. The van der Waals surface area contributed by atoms with E-state index >= 15 is 0 Å². The normalized spacial score (nSPS) is 23.7. The second kappa shape index (κ2) is 7.24. The number of halogens is 1. The number of nitrogens with zero attached hydrogens (tertiary/aromatic N) is 1. The summed E-state index contributed by atoms with van der Waals surface area (Å²) in [5, 5.41) is 9.18. The van der Waals surface area contributed by atoms with Crippen LogP contribution in [0.5, 0.6) is 5.75 Å². The lowest BCUT2D eigenvalue weighted by molar-refractivity contribution is -0.152. The van der Waals surface area contributed by atoms with Gasteiger partial charge in [-0.25, -0.2) is 0 Å². The SMILES string of the molecule is CC(Oc1ccc(Br)cc1)C(=O)N1CC(CO)OCC1C. The van der Waals surface area contributed by atoms with Gasteiger partial charge in [-0.05, 0) is 38.1 Å². The molecule has 5 nitrogen and oxygen atoms in total. The second-order valence-electron chi connectivity index (χ2n) is 5.19. The molecule has 0 aromatic heterocycles. The average molecular weight is 358 g/mol. The van der Waals surface area contributed by atoms with Crippen molar-refractivity contribution < 1.29 is 19.4 Å². The molecule has 1 amide bonds. The molecule has 1 saturated heterocycles. The molecule has 2 rings (SSSR count). The number of ether oxygens (including phenoxy) is 2. The highest BCUT2D eigenvalue weighted by atomic mass is 79.9. The van der Waals surface area contributed by atoms with Crippen LogP contribution in [0.3, 0.4) is 0 Å². The minimum Gasteiger partial charge on any atom is -0.481 e. The molecule has 1 aliphatic heterocycles. The highest BCUT2D eigenvalue weighted by molar-refractivity contribution is 9.10. The van der Waals surface area contributed by atoms with Crippen molar-refractivity contribution in [3.05, 3.63) is 28.7 Å². The Morgan fingerprint density at radius 2 is 2.19 bits per heavy atom. The third kappa shape index (κ3) is 4.18. The maximum absolute atomic E-state index is 12.5. The number of hydrogen-bond donors (Lipinski definition) is 1. The molecule has 0 radical (unpaired) electrons. The van der Waals surface area contributed by atoms with Crippen LogP contribution >= 0.6 is 15.9 Å². The van der Waals surface area contributed by atoms with Crippen LogP contribution in [-0.2, 0) is 9.53 Å². The van der Waals surface area contributed by atoms with Gasteiger partial charge in [0.05, 0.1) is 25.4 Å². The molecule has 0 aliphatic carbocycles. The smallest absolute Gasteiger partial charge is 0.263 e. The van der Waals surface area contributed by atoms with Crippen LogP contribution in [0.15, 0.2) is 28.7 Å². The van der Waals surface area contributed by atoms with Gasteiger partial charge in [-0.15, -0.1) is 0 Å². The zero-order valence-electron chi connectivity index (χ0n) is 12.2. The Hall–Kier alpha value is -1.11. The molecule has 1 fully saturated rings. The number of carbonyl (C=O) groups excluding carboxylic acids is 1. The van der Waals surface area contributed by atoms with Gasteiger partial charge in [-0.3, -0.25) is 4.79 Å². The lowest BCUT2D eigenvalue weighted by atomic mass is 10.1. The third-order valence-electron chi connectivity index (χ3n) is 3.47. The Kier molecular flexibility index (Phi) is 5.61. The van der Waals surface area contributed by atoms with Crippen molar-refractivity contribution >= 4 is 21.8 Å². The average Bonchev–Trinajstić information content (AvgIpc) is 2.49. The first-order valence-electron chi connectivity index (χ1n) is 6.96. The quantitative estimate of drug-likeness (QED) is 0.892. The van der Waals surface area contributed by atoms with Crippen LogP contribution in [-0.4, -0.2) is 53.9 Å². The maximum Gasteiger partial charge on any atom is 0.263 e. The summed E-state index contributed by atoms with van der Waals surface area (Å²) in [5.41, 5.74) is 0. The summed E-state index contributed by atoms with van der Waals surface area (Å²) in [6.07, 6.45) is -0.893. The Morgan fingerprint density at radius 1 is 1.52 bits per heavy atom. The Morgan fingerprint density at radius 3 is 2.81 bits per heavy atom. The van der Waals surface area contributed by atoms with Gasteiger partial charge >= 0.3 is 0 Å². The third-order valence-corrected chi connectivity index (χ3v) is 4.00. The molecular weight excluding hydrogens is 338 g/mol. The first-order valence-corrected chi connectivity index (χ1v) is 7.75. The summed E-state index contributed by atoms with van der Waals surface area (Å²) in [7, 11) is 0. The van der Waals surface area contributed by atoms with E-state index < -0.39 is 6.10 Å². The van der Waals surface area contributed by atoms with Gasteiger partial charge in [-0.2, -0.15) is 0 Å². The molecule has 116 valence electrons. The summed E-state index contributed by atoms with van der Waals surface area (Å²) >= 11 is 3.36. The van der Waals surface area contributed by atoms with Crippen molar-refractivity contribution in [3.8, 4) is 5.75 Å². The number of aliphatic hydroxyl groups is 1. The van der Waals surface area contributed by atoms with Gasteiger partial charge in [0, 0.05) is 11.0 Å². The standard InChI is InChI=1S/C15H20BrNO4/c1-10-9-20-14(8-18)7-17(10)15(19)11(2)21-13-5-3-12(16)4-6-13/h3-6,10-11,14,18H,7-9H2,1-2H3. The molecule has 0 bridgehead atoms. The largest absolute Gasteiger partial charge is 0.481 e. The van der Waals surface area contributed by atoms with Gasteiger partial charge in [-0.1, -0.05) is 15.9 Å². The molecule has 3 atom stereocenters. The van der Waals surface area contributed by atoms with Crippen LogP contribution in [0, 0.1) is 0 Å². The molecule has 1 aromatic rings. The highest BCUT2D eigenvalue weighted by Crippen LogP contribution is 2.19. The van der Waals surface area contributed by atoms with Crippen LogP contribution in [0.25, 0.3) is 0 Å². The predicted molar refractivity (Wildman–Crippen MR) is 82.2 cm³/mol. The Labute approximate surface area is 133 Å². The van der Waals surface area contributed by atoms with Crippen molar-refractivity contribution in [1.29, 1.82) is 0 Å². The number of carbonyl (C=O) groups is 1. The summed E-state index contributed by atoms with van der Waals surface area (Å²) in [6, 6.07) is 7.34. The molecule has 1 aliphatic rings. The Balaban J connectivity index is 1.99. The zero-order chi connectivity index (χ0) is 15.4. The summed E-state index contributed by atoms with van der Waals surface area (Å²) in [6.45, 7) is 4.41. The molecule has 0 spiro atoms. The minimum atomic E-state index is -0.578. The van der Waals surface area contributed by atoms with E-state index in [-0.39, 0.29) is 24.7 Å². The van der Waals surface area contributed by atoms with Gasteiger partial charge in [0.15, 0.2) is 6.10 Å². The van der Waals surface area contributed by atoms with Crippen LogP contribution < -0.4 is 4.74 Å². The van der Waals surface area contributed by atoms with E-state index in [0.717, 1.165) is 4.47 Å². The number of amides is 1. The van der Waals surface area contributed by atoms with Crippen LogP contribution in [0.2, 0.25) is 0 Å². The number of hydrogen-bond acceptors (Lipinski definition) is 4. The van der Waals surface area contributed by atoms with Crippen molar-refractivity contribution in [2.24, 2.45) is 0 Å². The fraction of sp³-hybridized carbons (Fsp3) is 0.533. The molecular formula is C15H20BrNO4. The van der Waals surface area contributed by atoms with Crippen LogP contribution in [0.4, 0.5) is 0 Å². The highest BCUT2D eigenvalue weighted by Gasteiger charge is 2.32. The maximum atomic E-state index is 12.5. The number of rotatable bonds is 4. The van der Waals surface area contributed by atoms with E-state index in [0.29, 0.717) is 18.9 Å². The molecule has 1 N–H and O–H groups in total. The van der Waals surface area contributed by atoms with E-state index in [1.165, 1.54) is 0 Å². The van der Waals surface area contributed by atoms with Gasteiger partial charge in [0.2, 0.25) is 0 Å². The molecule has 3 unspecified atom stereocenters. The first kappa shape index (κ1) is 16.3. The summed E-state index contributed by atoms with van der Waals surface area (Å²) < 4.78 is 12.1. The summed E-state index contributed by atoms with van der Waals surface area (Å²) in [4.78, 5) is 14.2. The van der Waals surface area contributed by atoms with E-state index in [1.54, 1.807) is 11.8 Å². The lowest BCUT2D eigenvalue weighted by Crippen LogP contribution is -2.55. The summed E-state index contributed by atoms with van der Waals surface area (Å²) in [5.74, 6) is 0.561. The predicted octanol–water partition coefficient (Wildman–Crippen LogP) is 1.82. The van der Waals surface area contributed by atoms with E-state index in [2.05, 4.69) is 15.9 Å². The van der Waals surface area contributed by atoms with E-state index in [1.807, 2.05) is 31.2 Å². The van der Waals surface area contributed by atoms with Gasteiger partial charge in [0.25, 0.3) is 5.91 Å². The lowest BCUT2D eigenvalue weighted by Gasteiger charge is -2.38. The molecule has 0 saturated carbocycles. The molecule has 6 heteroatoms. The van der Waals surface area contributed by atoms with Crippen molar-refractivity contribution in [2.45, 2.75) is 32.1 Å². The molecule has 21 heavy (non-hydrogen) atoms. The number of morpholine rings is 1. The number of aliphatic hydroxyl groups excluding tert-OH is 1. The van der Waals surface area contributed by atoms with Crippen LogP contribution in [0.1, 0.15) is 13.8 Å². The minimum absolute atomic E-state index is 0.0173. The fourth-order valence-electron chi connectivity index (χ4n) is 2.24. The van der Waals surface area contributed by atoms with E-state index in [4.69, 9.17) is 9.47 Å². The van der Waals surface area contributed by atoms with E-state index in [9.17, 15) is 9.90 Å². The number of benzene rings is 1. The topological polar surface area (TPSA) is 59.0 Å². The molecule has 1 aromatic carbocycles. The van der Waals surface area contributed by atoms with Crippen molar-refractivity contribution in [1.82, 2.24) is 4.90 Å². The first-order chi connectivity index (χ1) is 10.0.